The van der Waals surface area contributed by atoms with Crippen molar-refractivity contribution in [2.75, 3.05) is 13.1 Å². The van der Waals surface area contributed by atoms with E-state index in [1.165, 1.54) is 46.9 Å². The van der Waals surface area contributed by atoms with Crippen LogP contribution in [0.2, 0.25) is 0 Å². The predicted molar refractivity (Wildman–Crippen MR) is 205 cm³/mol. The SMILES string of the molecule is C.Cc1nc(CCc2ccc(COC(=O)CN)c(F)c2F)cs1.Cc1nc(CCc2ccc(COC(=O)CNC(=O)OC(C)(C)C)c(F)c2F)cs1.Cl.Cl. The summed E-state index contributed by atoms with van der Waals surface area (Å²) in [4.78, 5) is 42.7. The maximum atomic E-state index is 14.3. The Morgan fingerprint density at radius 2 is 1.09 bits per heavy atom. The van der Waals surface area contributed by atoms with Gasteiger partial charge in [-0.05, 0) is 71.4 Å². The first-order valence-corrected chi connectivity index (χ1v) is 17.5. The van der Waals surface area contributed by atoms with Crippen LogP contribution in [0.15, 0.2) is 35.0 Å². The molecule has 1 amide bonds. The number of aromatic nitrogens is 2. The summed E-state index contributed by atoms with van der Waals surface area (Å²) in [6.07, 6.45) is 0.945. The molecule has 4 rings (SSSR count). The van der Waals surface area contributed by atoms with Crippen molar-refractivity contribution < 1.29 is 46.2 Å². The molecule has 2 heterocycles. The fourth-order valence-corrected chi connectivity index (χ4v) is 5.62. The second kappa shape index (κ2) is 23.8. The zero-order chi connectivity index (χ0) is 37.7. The summed E-state index contributed by atoms with van der Waals surface area (Å²) < 4.78 is 71.1. The Morgan fingerprint density at radius 3 is 1.46 bits per heavy atom. The first kappa shape index (κ1) is 50.2. The fraction of sp³-hybridized carbons (Fsp3) is 0.417. The van der Waals surface area contributed by atoms with Gasteiger partial charge in [0.1, 0.15) is 25.4 Å². The van der Waals surface area contributed by atoms with Crippen LogP contribution in [0.1, 0.15) is 71.9 Å². The Balaban J connectivity index is 0.00000102. The van der Waals surface area contributed by atoms with Gasteiger partial charge in [0.25, 0.3) is 0 Å². The van der Waals surface area contributed by atoms with Gasteiger partial charge in [-0.2, -0.15) is 0 Å². The number of hydrogen-bond acceptors (Lipinski definition) is 11. The van der Waals surface area contributed by atoms with Crippen molar-refractivity contribution in [2.45, 2.75) is 86.5 Å². The maximum Gasteiger partial charge on any atom is 0.408 e. The highest BCUT2D eigenvalue weighted by atomic mass is 35.5. The Kier molecular flexibility index (Phi) is 22.2. The molecule has 0 fully saturated rings. The number of nitrogens with zero attached hydrogens (tertiary/aromatic N) is 2. The monoisotopic (exact) mass is 840 g/mol. The predicted octanol–water partition coefficient (Wildman–Crippen LogP) is 8.08. The smallest absolute Gasteiger partial charge is 0.408 e. The van der Waals surface area contributed by atoms with Gasteiger partial charge < -0.3 is 25.3 Å². The van der Waals surface area contributed by atoms with Gasteiger partial charge in [0.2, 0.25) is 0 Å². The number of amides is 1. The number of hydrogen-bond donors (Lipinski definition) is 2. The molecule has 0 radical (unpaired) electrons. The van der Waals surface area contributed by atoms with Crippen molar-refractivity contribution in [1.29, 1.82) is 0 Å². The second-order valence-corrected chi connectivity index (χ2v) is 14.2. The minimum atomic E-state index is -1.05. The first-order chi connectivity index (χ1) is 24.1. The maximum absolute atomic E-state index is 14.3. The second-order valence-electron chi connectivity index (χ2n) is 12.1. The van der Waals surface area contributed by atoms with Gasteiger partial charge >= 0.3 is 18.0 Å². The minimum absolute atomic E-state index is 0. The van der Waals surface area contributed by atoms with E-state index < -0.39 is 60.1 Å². The number of rotatable bonds is 13. The quantitative estimate of drug-likeness (QED) is 0.0776. The molecule has 0 aliphatic rings. The van der Waals surface area contributed by atoms with E-state index in [1.54, 1.807) is 20.8 Å². The van der Waals surface area contributed by atoms with Crippen LogP contribution in [0.5, 0.6) is 0 Å². The molecule has 0 aliphatic carbocycles. The Hall–Kier alpha value is -3.83. The lowest BCUT2D eigenvalue weighted by Gasteiger charge is -2.19. The molecule has 0 bridgehead atoms. The van der Waals surface area contributed by atoms with Crippen LogP contribution in [0, 0.1) is 37.1 Å². The summed E-state index contributed by atoms with van der Waals surface area (Å²) in [7, 11) is 0. The lowest BCUT2D eigenvalue weighted by molar-refractivity contribution is -0.144. The minimum Gasteiger partial charge on any atom is -0.460 e. The van der Waals surface area contributed by atoms with E-state index >= 15 is 0 Å². The molecule has 10 nitrogen and oxygen atoms in total. The van der Waals surface area contributed by atoms with E-state index in [0.29, 0.717) is 25.7 Å². The van der Waals surface area contributed by atoms with Gasteiger partial charge in [-0.3, -0.25) is 9.59 Å². The molecule has 0 unspecified atom stereocenters. The van der Waals surface area contributed by atoms with Crippen LogP contribution in [0.3, 0.4) is 0 Å². The third-order valence-electron chi connectivity index (χ3n) is 6.84. The van der Waals surface area contributed by atoms with E-state index in [0.717, 1.165) is 21.4 Å². The van der Waals surface area contributed by atoms with Crippen LogP contribution in [-0.4, -0.2) is 46.7 Å². The zero-order valence-corrected chi connectivity index (χ0v) is 33.0. The van der Waals surface area contributed by atoms with Gasteiger partial charge in [-0.1, -0.05) is 31.7 Å². The van der Waals surface area contributed by atoms with Crippen molar-refractivity contribution in [3.05, 3.63) is 102 Å². The number of alkyl carbamates (subject to hydrolysis) is 1. The lowest BCUT2D eigenvalue weighted by atomic mass is 10.0. The van der Waals surface area contributed by atoms with Crippen LogP contribution in [0.25, 0.3) is 0 Å². The summed E-state index contributed by atoms with van der Waals surface area (Å²) in [5, 5.41) is 7.90. The molecule has 0 saturated heterocycles. The molecule has 2 aromatic carbocycles. The van der Waals surface area contributed by atoms with E-state index in [-0.39, 0.29) is 67.6 Å². The van der Waals surface area contributed by atoms with Crippen LogP contribution in [0.4, 0.5) is 22.4 Å². The molecule has 4 aromatic rings. The van der Waals surface area contributed by atoms with E-state index in [4.69, 9.17) is 19.9 Å². The van der Waals surface area contributed by atoms with Crippen molar-refractivity contribution in [1.82, 2.24) is 15.3 Å². The van der Waals surface area contributed by atoms with E-state index in [9.17, 15) is 31.9 Å². The molecule has 3 N–H and O–H groups in total. The van der Waals surface area contributed by atoms with Crippen molar-refractivity contribution >= 4 is 65.5 Å². The molecule has 54 heavy (non-hydrogen) atoms. The summed E-state index contributed by atoms with van der Waals surface area (Å²) in [5.74, 6) is -5.37. The largest absolute Gasteiger partial charge is 0.460 e. The number of esters is 2. The van der Waals surface area contributed by atoms with Crippen LogP contribution >= 0.6 is 47.5 Å². The molecule has 0 saturated carbocycles. The van der Waals surface area contributed by atoms with Crippen LogP contribution in [-0.2, 0) is 62.7 Å². The number of ether oxygens (including phenoxy) is 3. The lowest BCUT2D eigenvalue weighted by Crippen LogP contribution is -2.36. The highest BCUT2D eigenvalue weighted by Crippen LogP contribution is 2.21. The number of nitrogens with two attached hydrogens (primary N) is 1. The Bertz CT molecular complexity index is 1820. The summed E-state index contributed by atoms with van der Waals surface area (Å²) >= 11 is 3.03. The number of halogens is 6. The summed E-state index contributed by atoms with van der Waals surface area (Å²) in [6, 6.07) is 5.78. The molecule has 0 atom stereocenters. The van der Waals surface area contributed by atoms with Gasteiger partial charge in [-0.15, -0.1) is 47.5 Å². The van der Waals surface area contributed by atoms with Gasteiger partial charge in [0.15, 0.2) is 23.3 Å². The van der Waals surface area contributed by atoms with Crippen LogP contribution < -0.4 is 11.1 Å². The van der Waals surface area contributed by atoms with Crippen molar-refractivity contribution in [3.63, 3.8) is 0 Å². The average molecular weight is 842 g/mol. The highest BCUT2D eigenvalue weighted by Gasteiger charge is 2.19. The highest BCUT2D eigenvalue weighted by molar-refractivity contribution is 7.09. The molecular formula is C36H46Cl2F4N4O6S2. The normalized spacial score (nSPS) is 10.4. The molecule has 0 aliphatic heterocycles. The zero-order valence-electron chi connectivity index (χ0n) is 29.7. The Morgan fingerprint density at radius 1 is 0.704 bits per heavy atom. The van der Waals surface area contributed by atoms with E-state index in [1.807, 2.05) is 24.6 Å². The van der Waals surface area contributed by atoms with Gasteiger partial charge in [0, 0.05) is 21.9 Å². The van der Waals surface area contributed by atoms with E-state index in [2.05, 4.69) is 15.3 Å². The Labute approximate surface area is 333 Å². The number of thiazole rings is 2. The summed E-state index contributed by atoms with van der Waals surface area (Å²) in [6.45, 7) is 7.32. The standard InChI is InChI=1S/C20H24F2N2O4S.C15H16F2N2O2S.CH4.2ClH/c1-12-24-15(11-29-12)8-7-13-5-6-14(18(22)17(13)21)10-27-16(25)9-23-19(26)28-20(2,3)4;1-9-19-12(8-22-9)5-4-10-2-3-11(15(17)14(10)16)7-21-13(20)6-18;;;/h5-6,11H,7-10H2,1-4H3,(H,23,26);2-3,8H,4-7,18H2,1H3;1H4;2*1H. The third kappa shape index (κ3) is 16.7. The van der Waals surface area contributed by atoms with Crippen molar-refractivity contribution in [2.24, 2.45) is 5.73 Å². The number of benzene rings is 2. The molecule has 300 valence electrons. The van der Waals surface area contributed by atoms with Crippen molar-refractivity contribution in [3.8, 4) is 0 Å². The first-order valence-electron chi connectivity index (χ1n) is 15.8. The number of carbonyl (C=O) groups excluding carboxylic acids is 3. The molecule has 2 aromatic heterocycles. The molecule has 0 spiro atoms. The average Bonchev–Trinajstić information content (AvgIpc) is 3.70. The summed E-state index contributed by atoms with van der Waals surface area (Å²) in [5.41, 5.74) is 6.50. The number of nitrogens with one attached hydrogen (secondary N) is 1. The van der Waals surface area contributed by atoms with Gasteiger partial charge in [-0.25, -0.2) is 32.3 Å². The number of carbonyl (C=O) groups is 3. The number of aryl methyl sites for hydroxylation is 6. The molecular weight excluding hydrogens is 795 g/mol. The molecule has 18 heteroatoms. The fourth-order valence-electron chi connectivity index (χ4n) is 4.32. The van der Waals surface area contributed by atoms with Gasteiger partial charge in [0.05, 0.1) is 27.9 Å². The third-order valence-corrected chi connectivity index (χ3v) is 8.48. The topological polar surface area (TPSA) is 143 Å².